The summed E-state index contributed by atoms with van der Waals surface area (Å²) in [5.41, 5.74) is 4.69. The molecule has 0 radical (unpaired) electrons. The molecule has 0 saturated heterocycles. The van der Waals surface area contributed by atoms with Crippen LogP contribution in [0.2, 0.25) is 0 Å². The Hall–Kier alpha value is -3.66. The van der Waals surface area contributed by atoms with Gasteiger partial charge in [0.1, 0.15) is 23.0 Å². The molecule has 2 aliphatic rings. The van der Waals surface area contributed by atoms with Crippen molar-refractivity contribution in [3.63, 3.8) is 0 Å². The molecular formula is C26H18O4. The summed E-state index contributed by atoms with van der Waals surface area (Å²) in [7, 11) is 0. The molecule has 0 N–H and O–H groups in total. The van der Waals surface area contributed by atoms with Gasteiger partial charge in [0.2, 0.25) is 5.43 Å². The third-order valence-corrected chi connectivity index (χ3v) is 6.04. The van der Waals surface area contributed by atoms with Gasteiger partial charge >= 0.3 is 0 Å². The minimum atomic E-state index is -0.122. The van der Waals surface area contributed by atoms with Crippen LogP contribution >= 0.6 is 0 Å². The van der Waals surface area contributed by atoms with E-state index >= 15 is 0 Å². The fourth-order valence-electron chi connectivity index (χ4n) is 4.47. The summed E-state index contributed by atoms with van der Waals surface area (Å²) >= 11 is 0. The molecule has 0 spiro atoms. The van der Waals surface area contributed by atoms with Crippen LogP contribution in [0.1, 0.15) is 24.8 Å². The highest BCUT2D eigenvalue weighted by Gasteiger charge is 2.30. The lowest BCUT2D eigenvalue weighted by molar-refractivity contribution is -0.117. The molecule has 1 fully saturated rings. The van der Waals surface area contributed by atoms with Gasteiger partial charge in [-0.3, -0.25) is 9.59 Å². The Bertz CT molecular complexity index is 1440. The zero-order valence-electron chi connectivity index (χ0n) is 16.2. The molecule has 1 unspecified atom stereocenters. The summed E-state index contributed by atoms with van der Waals surface area (Å²) in [5, 5.41) is 1.13. The predicted molar refractivity (Wildman–Crippen MR) is 117 cm³/mol. The first-order valence-corrected chi connectivity index (χ1v) is 10.2. The topological polar surface area (TPSA) is 56.5 Å². The number of rotatable bonds is 1. The van der Waals surface area contributed by atoms with Crippen LogP contribution in [-0.4, -0.2) is 11.9 Å². The first-order chi connectivity index (χ1) is 14.7. The van der Waals surface area contributed by atoms with Crippen molar-refractivity contribution in [1.29, 1.82) is 0 Å². The summed E-state index contributed by atoms with van der Waals surface area (Å²) in [6.07, 6.45) is 4.20. The Morgan fingerprint density at radius 3 is 2.57 bits per heavy atom. The summed E-state index contributed by atoms with van der Waals surface area (Å²) < 4.78 is 12.0. The number of hydrogen-bond acceptors (Lipinski definition) is 4. The SMILES string of the molecule is O=C1CCCC2Oc3ccc(-c4ccc5oc6ccccc6c(=O)c5c4)cc3C=C12. The Labute approximate surface area is 172 Å². The van der Waals surface area contributed by atoms with E-state index < -0.39 is 0 Å². The smallest absolute Gasteiger partial charge is 0.200 e. The molecule has 4 heteroatoms. The fraction of sp³-hybridized carbons (Fsp3) is 0.154. The molecule has 30 heavy (non-hydrogen) atoms. The maximum Gasteiger partial charge on any atom is 0.200 e. The molecule has 1 saturated carbocycles. The minimum Gasteiger partial charge on any atom is -0.485 e. The van der Waals surface area contributed by atoms with Crippen LogP contribution in [0.5, 0.6) is 5.75 Å². The van der Waals surface area contributed by atoms with Gasteiger partial charge in [0.15, 0.2) is 5.78 Å². The summed E-state index contributed by atoms with van der Waals surface area (Å²) in [6.45, 7) is 0. The van der Waals surface area contributed by atoms with Gasteiger partial charge in [0.05, 0.1) is 10.8 Å². The largest absolute Gasteiger partial charge is 0.485 e. The van der Waals surface area contributed by atoms with E-state index in [4.69, 9.17) is 9.15 Å². The summed E-state index contributed by atoms with van der Waals surface area (Å²) in [6, 6.07) is 18.9. The third kappa shape index (κ3) is 2.61. The number of Topliss-reactive ketones (excluding diaryl/α,β-unsaturated/α-hetero) is 1. The van der Waals surface area contributed by atoms with Crippen LogP contribution < -0.4 is 10.2 Å². The van der Waals surface area contributed by atoms with Gasteiger partial charge in [-0.25, -0.2) is 0 Å². The van der Waals surface area contributed by atoms with Crippen molar-refractivity contribution in [2.45, 2.75) is 25.4 Å². The lowest BCUT2D eigenvalue weighted by Crippen LogP contribution is -2.31. The van der Waals surface area contributed by atoms with Crippen LogP contribution in [0.3, 0.4) is 0 Å². The first kappa shape index (κ1) is 17.2. The molecule has 4 nitrogen and oxygen atoms in total. The molecule has 2 heterocycles. The van der Waals surface area contributed by atoms with E-state index in [0.717, 1.165) is 40.9 Å². The Morgan fingerprint density at radius 2 is 1.63 bits per heavy atom. The number of ketones is 1. The second-order valence-corrected chi connectivity index (χ2v) is 7.91. The van der Waals surface area contributed by atoms with Gasteiger partial charge in [0.25, 0.3) is 0 Å². The van der Waals surface area contributed by atoms with E-state index in [1.165, 1.54) is 0 Å². The molecule has 1 aliphatic heterocycles. The van der Waals surface area contributed by atoms with Crippen molar-refractivity contribution in [3.05, 3.63) is 82.0 Å². The van der Waals surface area contributed by atoms with E-state index in [1.807, 2.05) is 54.6 Å². The zero-order valence-corrected chi connectivity index (χ0v) is 16.2. The number of fused-ring (bicyclic) bond motifs is 4. The van der Waals surface area contributed by atoms with Gasteiger partial charge in [-0.05, 0) is 66.4 Å². The number of para-hydroxylation sites is 1. The molecule has 4 aromatic rings. The van der Waals surface area contributed by atoms with Crippen molar-refractivity contribution in [2.24, 2.45) is 0 Å². The van der Waals surface area contributed by atoms with Crippen molar-refractivity contribution in [1.82, 2.24) is 0 Å². The minimum absolute atomic E-state index is 0.0345. The van der Waals surface area contributed by atoms with Crippen LogP contribution in [-0.2, 0) is 4.79 Å². The second-order valence-electron chi connectivity index (χ2n) is 7.91. The highest BCUT2D eigenvalue weighted by Crippen LogP contribution is 2.37. The van der Waals surface area contributed by atoms with Crippen LogP contribution in [0.4, 0.5) is 0 Å². The van der Waals surface area contributed by atoms with Crippen molar-refractivity contribution in [3.8, 4) is 16.9 Å². The van der Waals surface area contributed by atoms with Crippen LogP contribution in [0.25, 0.3) is 39.1 Å². The third-order valence-electron chi connectivity index (χ3n) is 6.04. The van der Waals surface area contributed by atoms with Gasteiger partial charge in [0, 0.05) is 17.6 Å². The molecule has 1 aliphatic carbocycles. The predicted octanol–water partition coefficient (Wildman–Crippen LogP) is 5.51. The first-order valence-electron chi connectivity index (χ1n) is 10.2. The van der Waals surface area contributed by atoms with Crippen LogP contribution in [0.15, 0.2) is 75.4 Å². The van der Waals surface area contributed by atoms with Crippen molar-refractivity contribution in [2.75, 3.05) is 0 Å². The number of hydrogen-bond donors (Lipinski definition) is 0. The molecule has 0 bridgehead atoms. The lowest BCUT2D eigenvalue weighted by atomic mass is 9.87. The van der Waals surface area contributed by atoms with E-state index in [2.05, 4.69) is 0 Å². The van der Waals surface area contributed by atoms with Gasteiger partial charge in [-0.1, -0.05) is 24.3 Å². The monoisotopic (exact) mass is 394 g/mol. The fourth-order valence-corrected chi connectivity index (χ4v) is 4.47. The average molecular weight is 394 g/mol. The van der Waals surface area contributed by atoms with Crippen molar-refractivity contribution >= 4 is 33.8 Å². The quantitative estimate of drug-likeness (QED) is 0.400. The van der Waals surface area contributed by atoms with Gasteiger partial charge in [-0.15, -0.1) is 0 Å². The molecule has 1 atom stereocenters. The molecule has 1 aromatic heterocycles. The maximum absolute atomic E-state index is 13.0. The Morgan fingerprint density at radius 1 is 0.833 bits per heavy atom. The number of carbonyl (C=O) groups is 1. The normalized spacial score (nSPS) is 17.9. The van der Waals surface area contributed by atoms with Gasteiger partial charge in [-0.2, -0.15) is 0 Å². The number of carbonyl (C=O) groups excluding carboxylic acids is 1. The molecular weight excluding hydrogens is 376 g/mol. The molecule has 146 valence electrons. The lowest BCUT2D eigenvalue weighted by Gasteiger charge is -2.30. The Kier molecular flexibility index (Phi) is 3.69. The highest BCUT2D eigenvalue weighted by atomic mass is 16.5. The summed E-state index contributed by atoms with van der Waals surface area (Å²) in [4.78, 5) is 25.3. The Balaban J connectivity index is 1.48. The van der Waals surface area contributed by atoms with E-state index in [9.17, 15) is 9.59 Å². The maximum atomic E-state index is 13.0. The number of benzene rings is 3. The highest BCUT2D eigenvalue weighted by molar-refractivity contribution is 6.02. The van der Waals surface area contributed by atoms with Gasteiger partial charge < -0.3 is 9.15 Å². The van der Waals surface area contributed by atoms with Crippen LogP contribution in [0, 0.1) is 0 Å². The standard InChI is InChI=1S/C26H18O4/c27-21-5-3-7-24-19(21)14-17-12-15(8-10-22(17)29-24)16-9-11-25-20(13-16)26(28)18-4-1-2-6-23(18)30-25/h1-2,4,6,8-14,24H,3,5,7H2. The zero-order chi connectivity index (χ0) is 20.2. The molecule has 0 amide bonds. The van der Waals surface area contributed by atoms with E-state index in [1.54, 1.807) is 12.1 Å². The average Bonchev–Trinajstić information content (AvgIpc) is 2.78. The number of ether oxygens (including phenoxy) is 1. The molecule has 3 aromatic carbocycles. The second kappa shape index (κ2) is 6.42. The van der Waals surface area contributed by atoms with Crippen molar-refractivity contribution < 1.29 is 13.9 Å². The van der Waals surface area contributed by atoms with E-state index in [0.29, 0.717) is 28.4 Å². The summed E-state index contributed by atoms with van der Waals surface area (Å²) in [5.74, 6) is 0.978. The van der Waals surface area contributed by atoms with E-state index in [-0.39, 0.29) is 17.3 Å². The molecule has 6 rings (SSSR count).